The maximum Gasteiger partial charge on any atom is 0.153 e. The van der Waals surface area contributed by atoms with Crippen molar-refractivity contribution in [2.24, 2.45) is 5.92 Å². The zero-order valence-electron chi connectivity index (χ0n) is 12.5. The average Bonchev–Trinajstić information content (AvgIpc) is 2.69. The first-order chi connectivity index (χ1) is 9.35. The summed E-state index contributed by atoms with van der Waals surface area (Å²) >= 11 is 1.59. The van der Waals surface area contributed by atoms with Gasteiger partial charge in [0, 0.05) is 23.6 Å². The number of hydrogen-bond donors (Lipinski definition) is 1. The summed E-state index contributed by atoms with van der Waals surface area (Å²) in [5.41, 5.74) is 1.15. The summed E-state index contributed by atoms with van der Waals surface area (Å²) in [5, 5.41) is 4.26. The highest BCUT2D eigenvalue weighted by Crippen LogP contribution is 2.34. The number of aromatic nitrogens is 1. The average molecular weight is 316 g/mol. The second-order valence-electron chi connectivity index (χ2n) is 6.13. The fourth-order valence-corrected chi connectivity index (χ4v) is 4.97. The van der Waals surface area contributed by atoms with Crippen molar-refractivity contribution in [3.63, 3.8) is 0 Å². The van der Waals surface area contributed by atoms with Crippen molar-refractivity contribution in [3.8, 4) is 0 Å². The topological polar surface area (TPSA) is 59.1 Å². The van der Waals surface area contributed by atoms with Gasteiger partial charge in [0.25, 0.3) is 0 Å². The van der Waals surface area contributed by atoms with Gasteiger partial charge >= 0.3 is 0 Å². The second kappa shape index (κ2) is 6.54. The van der Waals surface area contributed by atoms with Crippen molar-refractivity contribution in [3.05, 3.63) is 15.6 Å². The first-order valence-electron chi connectivity index (χ1n) is 7.22. The highest BCUT2D eigenvalue weighted by atomic mass is 32.2. The Balaban J connectivity index is 2.06. The SMILES string of the molecule is CC(C)CNCC1CCCc2sc(CS(C)(=O)=O)nc21. The number of fused-ring (bicyclic) bond motifs is 1. The third-order valence-electron chi connectivity index (χ3n) is 3.44. The van der Waals surface area contributed by atoms with Crippen molar-refractivity contribution < 1.29 is 8.42 Å². The van der Waals surface area contributed by atoms with E-state index < -0.39 is 9.84 Å². The minimum atomic E-state index is -2.99. The van der Waals surface area contributed by atoms with Gasteiger partial charge < -0.3 is 5.32 Å². The number of sulfone groups is 1. The van der Waals surface area contributed by atoms with Crippen molar-refractivity contribution in [2.75, 3.05) is 19.3 Å². The molecule has 0 radical (unpaired) electrons. The molecular formula is C14H24N2O2S2. The lowest BCUT2D eigenvalue weighted by atomic mass is 9.91. The molecule has 1 aromatic heterocycles. The van der Waals surface area contributed by atoms with Gasteiger partial charge in [0.05, 0.1) is 5.69 Å². The Morgan fingerprint density at radius 3 is 2.85 bits per heavy atom. The summed E-state index contributed by atoms with van der Waals surface area (Å²) in [5.74, 6) is 1.17. The van der Waals surface area contributed by atoms with Gasteiger partial charge in [-0.1, -0.05) is 13.8 Å². The van der Waals surface area contributed by atoms with E-state index >= 15 is 0 Å². The third kappa shape index (κ3) is 4.53. The van der Waals surface area contributed by atoms with Crippen LogP contribution in [0.4, 0.5) is 0 Å². The van der Waals surface area contributed by atoms with Crippen LogP contribution in [0, 0.1) is 5.92 Å². The van der Waals surface area contributed by atoms with E-state index in [1.54, 1.807) is 11.3 Å². The van der Waals surface area contributed by atoms with E-state index in [1.807, 2.05) is 0 Å². The molecule has 0 bridgehead atoms. The molecule has 1 N–H and O–H groups in total. The monoisotopic (exact) mass is 316 g/mol. The van der Waals surface area contributed by atoms with Gasteiger partial charge in [0.1, 0.15) is 10.8 Å². The van der Waals surface area contributed by atoms with Crippen LogP contribution in [0.15, 0.2) is 0 Å². The van der Waals surface area contributed by atoms with Crippen LogP contribution >= 0.6 is 11.3 Å². The molecule has 0 saturated heterocycles. The molecule has 0 spiro atoms. The van der Waals surface area contributed by atoms with Gasteiger partial charge in [0.15, 0.2) is 9.84 Å². The minimum absolute atomic E-state index is 0.0802. The smallest absolute Gasteiger partial charge is 0.153 e. The van der Waals surface area contributed by atoms with Crippen LogP contribution in [0.5, 0.6) is 0 Å². The fourth-order valence-electron chi connectivity index (χ4n) is 2.59. The Bertz CT molecular complexity index is 550. The maximum atomic E-state index is 11.4. The molecule has 0 aliphatic heterocycles. The molecular weight excluding hydrogens is 292 g/mol. The number of thiazole rings is 1. The molecule has 1 atom stereocenters. The second-order valence-corrected chi connectivity index (χ2v) is 9.44. The quantitative estimate of drug-likeness (QED) is 0.875. The summed E-state index contributed by atoms with van der Waals surface area (Å²) in [6.45, 7) is 6.37. The number of nitrogens with zero attached hydrogens (tertiary/aromatic N) is 1. The van der Waals surface area contributed by atoms with E-state index in [0.717, 1.165) is 36.6 Å². The van der Waals surface area contributed by atoms with Gasteiger partial charge in [-0.05, 0) is 31.7 Å². The number of nitrogens with one attached hydrogen (secondary N) is 1. The van der Waals surface area contributed by atoms with Crippen LogP contribution in [0.25, 0.3) is 0 Å². The first-order valence-corrected chi connectivity index (χ1v) is 10.1. The zero-order valence-corrected chi connectivity index (χ0v) is 14.1. The largest absolute Gasteiger partial charge is 0.316 e. The highest BCUT2D eigenvalue weighted by molar-refractivity contribution is 7.90. The van der Waals surface area contributed by atoms with Gasteiger partial charge in [-0.25, -0.2) is 13.4 Å². The molecule has 1 aliphatic rings. The summed E-state index contributed by atoms with van der Waals surface area (Å²) in [4.78, 5) is 5.91. The van der Waals surface area contributed by atoms with Gasteiger partial charge in [-0.3, -0.25) is 0 Å². The minimum Gasteiger partial charge on any atom is -0.316 e. The Morgan fingerprint density at radius 2 is 2.20 bits per heavy atom. The summed E-state index contributed by atoms with van der Waals surface area (Å²) in [6, 6.07) is 0. The van der Waals surface area contributed by atoms with Gasteiger partial charge in [-0.2, -0.15) is 0 Å². The Morgan fingerprint density at radius 1 is 1.45 bits per heavy atom. The molecule has 0 fully saturated rings. The van der Waals surface area contributed by atoms with Gasteiger partial charge in [-0.15, -0.1) is 11.3 Å². The van der Waals surface area contributed by atoms with Gasteiger partial charge in [0.2, 0.25) is 0 Å². The van der Waals surface area contributed by atoms with Crippen LogP contribution in [-0.4, -0.2) is 32.7 Å². The molecule has 6 heteroatoms. The third-order valence-corrected chi connectivity index (χ3v) is 5.56. The van der Waals surface area contributed by atoms with E-state index in [-0.39, 0.29) is 5.75 Å². The zero-order chi connectivity index (χ0) is 14.8. The lowest BCUT2D eigenvalue weighted by molar-refractivity contribution is 0.472. The lowest BCUT2D eigenvalue weighted by Crippen LogP contribution is -2.27. The standard InChI is InChI=1S/C14H24N2O2S2/c1-10(2)7-15-8-11-5-4-6-12-14(11)16-13(19-12)9-20(3,17)18/h10-11,15H,4-9H2,1-3H3. The predicted octanol–water partition coefficient (Wildman–Crippen LogP) is 2.35. The Labute approximate surface area is 125 Å². The van der Waals surface area contributed by atoms with E-state index in [2.05, 4.69) is 24.1 Å². The first kappa shape index (κ1) is 15.9. The molecule has 1 heterocycles. The lowest BCUT2D eigenvalue weighted by Gasteiger charge is -2.22. The number of aryl methyl sites for hydroxylation is 1. The Kier molecular flexibility index (Phi) is 5.20. The van der Waals surface area contributed by atoms with Crippen LogP contribution in [-0.2, 0) is 22.0 Å². The van der Waals surface area contributed by atoms with E-state index in [9.17, 15) is 8.42 Å². The van der Waals surface area contributed by atoms with Crippen molar-refractivity contribution in [2.45, 2.75) is 44.8 Å². The maximum absolute atomic E-state index is 11.4. The van der Waals surface area contributed by atoms with Crippen molar-refractivity contribution in [1.82, 2.24) is 10.3 Å². The molecule has 0 amide bonds. The van der Waals surface area contributed by atoms with Crippen LogP contribution in [0.2, 0.25) is 0 Å². The number of rotatable bonds is 6. The molecule has 2 rings (SSSR count). The van der Waals surface area contributed by atoms with Crippen LogP contribution in [0.3, 0.4) is 0 Å². The molecule has 114 valence electrons. The molecule has 0 saturated carbocycles. The van der Waals surface area contributed by atoms with Crippen LogP contribution in [0.1, 0.15) is 48.2 Å². The summed E-state index contributed by atoms with van der Waals surface area (Å²) < 4.78 is 22.8. The normalized spacial score (nSPS) is 19.3. The molecule has 1 aliphatic carbocycles. The summed E-state index contributed by atoms with van der Waals surface area (Å²) in [6.07, 6.45) is 4.66. The van der Waals surface area contributed by atoms with E-state index in [4.69, 9.17) is 0 Å². The predicted molar refractivity (Wildman–Crippen MR) is 84.0 cm³/mol. The number of hydrogen-bond acceptors (Lipinski definition) is 5. The van der Waals surface area contributed by atoms with E-state index in [0.29, 0.717) is 11.8 Å². The Hall–Kier alpha value is -0.460. The summed E-state index contributed by atoms with van der Waals surface area (Å²) in [7, 11) is -2.99. The molecule has 0 aromatic carbocycles. The molecule has 1 aromatic rings. The van der Waals surface area contributed by atoms with Crippen molar-refractivity contribution in [1.29, 1.82) is 0 Å². The van der Waals surface area contributed by atoms with Crippen LogP contribution < -0.4 is 5.32 Å². The molecule has 20 heavy (non-hydrogen) atoms. The highest BCUT2D eigenvalue weighted by Gasteiger charge is 2.25. The van der Waals surface area contributed by atoms with Crippen molar-refractivity contribution >= 4 is 21.2 Å². The molecule has 4 nitrogen and oxygen atoms in total. The molecule has 1 unspecified atom stereocenters. The fraction of sp³-hybridized carbons (Fsp3) is 0.786. The van der Waals surface area contributed by atoms with E-state index in [1.165, 1.54) is 17.6 Å².